The SMILES string of the molecule is CS(=O)(=O)c1ccc(CCNc2cc(Cl)nc(N)n2)cc1. The van der Waals surface area contributed by atoms with Crippen molar-refractivity contribution in [3.05, 3.63) is 41.0 Å². The molecule has 0 saturated carbocycles. The van der Waals surface area contributed by atoms with Crippen molar-refractivity contribution in [2.75, 3.05) is 23.9 Å². The summed E-state index contributed by atoms with van der Waals surface area (Å²) in [6, 6.07) is 8.37. The third-order valence-electron chi connectivity index (χ3n) is 2.78. The Morgan fingerprint density at radius 2 is 1.90 bits per heavy atom. The van der Waals surface area contributed by atoms with Crippen LogP contribution >= 0.6 is 11.6 Å². The van der Waals surface area contributed by atoms with E-state index in [-0.39, 0.29) is 11.1 Å². The van der Waals surface area contributed by atoms with Gasteiger partial charge in [0.15, 0.2) is 9.84 Å². The van der Waals surface area contributed by atoms with Gasteiger partial charge in [0.05, 0.1) is 4.90 Å². The number of benzene rings is 1. The van der Waals surface area contributed by atoms with E-state index in [9.17, 15) is 8.42 Å². The molecule has 2 aromatic rings. The number of anilines is 2. The van der Waals surface area contributed by atoms with Crippen LogP contribution in [0.25, 0.3) is 0 Å². The highest BCUT2D eigenvalue weighted by Crippen LogP contribution is 2.13. The van der Waals surface area contributed by atoms with E-state index in [2.05, 4.69) is 15.3 Å². The molecule has 0 amide bonds. The molecule has 112 valence electrons. The van der Waals surface area contributed by atoms with Gasteiger partial charge in [-0.05, 0) is 24.1 Å². The molecule has 0 unspecified atom stereocenters. The molecule has 21 heavy (non-hydrogen) atoms. The van der Waals surface area contributed by atoms with E-state index in [1.807, 2.05) is 0 Å². The third-order valence-corrected chi connectivity index (χ3v) is 4.11. The first-order valence-electron chi connectivity index (χ1n) is 6.17. The minimum Gasteiger partial charge on any atom is -0.370 e. The Morgan fingerprint density at radius 1 is 1.24 bits per heavy atom. The van der Waals surface area contributed by atoms with Crippen molar-refractivity contribution in [2.45, 2.75) is 11.3 Å². The van der Waals surface area contributed by atoms with Crippen molar-refractivity contribution in [3.8, 4) is 0 Å². The molecular formula is C13H15ClN4O2S. The van der Waals surface area contributed by atoms with Gasteiger partial charge in [0.2, 0.25) is 5.95 Å². The fourth-order valence-electron chi connectivity index (χ4n) is 1.76. The van der Waals surface area contributed by atoms with E-state index in [1.54, 1.807) is 30.3 Å². The van der Waals surface area contributed by atoms with Gasteiger partial charge in [-0.15, -0.1) is 0 Å². The summed E-state index contributed by atoms with van der Waals surface area (Å²) in [6.07, 6.45) is 1.90. The van der Waals surface area contributed by atoms with Gasteiger partial charge in [0, 0.05) is 18.9 Å². The summed E-state index contributed by atoms with van der Waals surface area (Å²) in [5.74, 6) is 0.669. The number of nitrogens with zero attached hydrogens (tertiary/aromatic N) is 2. The van der Waals surface area contributed by atoms with Gasteiger partial charge in [-0.2, -0.15) is 4.98 Å². The maximum Gasteiger partial charge on any atom is 0.223 e. The normalized spacial score (nSPS) is 11.3. The van der Waals surface area contributed by atoms with Crippen LogP contribution in [0.4, 0.5) is 11.8 Å². The molecule has 3 N–H and O–H groups in total. The molecule has 0 aliphatic rings. The first-order chi connectivity index (χ1) is 9.84. The molecule has 1 aromatic carbocycles. The largest absolute Gasteiger partial charge is 0.370 e. The maximum atomic E-state index is 11.4. The van der Waals surface area contributed by atoms with Crippen LogP contribution in [0, 0.1) is 0 Å². The Morgan fingerprint density at radius 3 is 2.48 bits per heavy atom. The van der Waals surface area contributed by atoms with Gasteiger partial charge in [0.25, 0.3) is 0 Å². The van der Waals surface area contributed by atoms with Crippen molar-refractivity contribution in [3.63, 3.8) is 0 Å². The lowest BCUT2D eigenvalue weighted by atomic mass is 10.1. The number of hydrogen-bond acceptors (Lipinski definition) is 6. The summed E-state index contributed by atoms with van der Waals surface area (Å²) in [6.45, 7) is 0.616. The van der Waals surface area contributed by atoms with E-state index in [1.165, 1.54) is 6.26 Å². The molecule has 0 bridgehead atoms. The van der Waals surface area contributed by atoms with Crippen molar-refractivity contribution < 1.29 is 8.42 Å². The number of nitrogens with two attached hydrogens (primary N) is 1. The zero-order chi connectivity index (χ0) is 15.5. The summed E-state index contributed by atoms with van der Waals surface area (Å²) in [7, 11) is -3.15. The monoisotopic (exact) mass is 326 g/mol. The minimum atomic E-state index is -3.15. The van der Waals surface area contributed by atoms with E-state index in [0.717, 1.165) is 5.56 Å². The van der Waals surface area contributed by atoms with E-state index >= 15 is 0 Å². The van der Waals surface area contributed by atoms with E-state index < -0.39 is 9.84 Å². The van der Waals surface area contributed by atoms with Crippen molar-refractivity contribution in [2.24, 2.45) is 0 Å². The molecular weight excluding hydrogens is 312 g/mol. The quantitative estimate of drug-likeness (QED) is 0.813. The van der Waals surface area contributed by atoms with Crippen molar-refractivity contribution in [1.82, 2.24) is 9.97 Å². The Hall–Kier alpha value is -1.86. The second-order valence-electron chi connectivity index (χ2n) is 4.53. The summed E-state index contributed by atoms with van der Waals surface area (Å²) in [5, 5.41) is 3.37. The molecule has 0 saturated heterocycles. The number of rotatable bonds is 5. The first-order valence-corrected chi connectivity index (χ1v) is 8.44. The average Bonchev–Trinajstić information content (AvgIpc) is 2.37. The number of aromatic nitrogens is 2. The van der Waals surface area contributed by atoms with Crippen LogP contribution < -0.4 is 11.1 Å². The second kappa shape index (κ2) is 6.28. The third kappa shape index (κ3) is 4.57. The van der Waals surface area contributed by atoms with Crippen LogP contribution in [0.3, 0.4) is 0 Å². The summed E-state index contributed by atoms with van der Waals surface area (Å²) in [4.78, 5) is 8.09. The lowest BCUT2D eigenvalue weighted by Crippen LogP contribution is -2.08. The van der Waals surface area contributed by atoms with E-state index in [4.69, 9.17) is 17.3 Å². The molecule has 1 heterocycles. The number of halogens is 1. The predicted molar refractivity (Wildman–Crippen MR) is 83.2 cm³/mol. The van der Waals surface area contributed by atoms with Gasteiger partial charge in [-0.1, -0.05) is 23.7 Å². The van der Waals surface area contributed by atoms with Gasteiger partial charge >= 0.3 is 0 Å². The molecule has 1 aromatic heterocycles. The van der Waals surface area contributed by atoms with Crippen LogP contribution in [-0.4, -0.2) is 31.2 Å². The topological polar surface area (TPSA) is 98.0 Å². The van der Waals surface area contributed by atoms with Crippen LogP contribution in [0.15, 0.2) is 35.2 Å². The molecule has 8 heteroatoms. The van der Waals surface area contributed by atoms with Crippen LogP contribution in [0.1, 0.15) is 5.56 Å². The van der Waals surface area contributed by atoms with Crippen LogP contribution in [0.5, 0.6) is 0 Å². The van der Waals surface area contributed by atoms with Crippen LogP contribution in [-0.2, 0) is 16.3 Å². The van der Waals surface area contributed by atoms with E-state index in [0.29, 0.717) is 23.7 Å². The highest BCUT2D eigenvalue weighted by atomic mass is 35.5. The fourth-order valence-corrected chi connectivity index (χ4v) is 2.58. The number of nitrogens with one attached hydrogen (secondary N) is 1. The maximum absolute atomic E-state index is 11.4. The molecule has 2 rings (SSSR count). The van der Waals surface area contributed by atoms with Gasteiger partial charge in [0.1, 0.15) is 11.0 Å². The second-order valence-corrected chi connectivity index (χ2v) is 6.93. The molecule has 0 aliphatic heterocycles. The predicted octanol–water partition coefficient (Wildman–Crippen LogP) is 1.77. The lowest BCUT2D eigenvalue weighted by molar-refractivity contribution is 0.602. The molecule has 6 nitrogen and oxygen atoms in total. The smallest absolute Gasteiger partial charge is 0.223 e. The zero-order valence-corrected chi connectivity index (χ0v) is 12.9. The Balaban J connectivity index is 1.94. The fraction of sp³-hybridized carbons (Fsp3) is 0.231. The minimum absolute atomic E-state index is 0.113. The Bertz CT molecular complexity index is 712. The number of sulfone groups is 1. The highest BCUT2D eigenvalue weighted by molar-refractivity contribution is 7.90. The van der Waals surface area contributed by atoms with Crippen molar-refractivity contribution in [1.29, 1.82) is 0 Å². The standard InChI is InChI=1S/C13H15ClN4O2S/c1-21(19,20)10-4-2-9(3-5-10)6-7-16-12-8-11(14)17-13(15)18-12/h2-5,8H,6-7H2,1H3,(H3,15,16,17,18). The molecule has 0 spiro atoms. The summed E-state index contributed by atoms with van der Waals surface area (Å²) in [5.41, 5.74) is 6.51. The van der Waals surface area contributed by atoms with Gasteiger partial charge in [-0.3, -0.25) is 0 Å². The summed E-state index contributed by atoms with van der Waals surface area (Å²) >= 11 is 5.78. The number of hydrogen-bond donors (Lipinski definition) is 2. The van der Waals surface area contributed by atoms with Gasteiger partial charge < -0.3 is 11.1 Å². The molecule has 0 aliphatic carbocycles. The van der Waals surface area contributed by atoms with Gasteiger partial charge in [-0.25, -0.2) is 13.4 Å². The Labute approximate surface area is 128 Å². The highest BCUT2D eigenvalue weighted by Gasteiger charge is 2.06. The average molecular weight is 327 g/mol. The molecule has 0 radical (unpaired) electrons. The molecule has 0 fully saturated rings. The number of nitrogen functional groups attached to an aromatic ring is 1. The molecule has 0 atom stereocenters. The summed E-state index contributed by atoms with van der Waals surface area (Å²) < 4.78 is 22.7. The van der Waals surface area contributed by atoms with Crippen LogP contribution in [0.2, 0.25) is 5.15 Å². The Kier molecular flexibility index (Phi) is 4.64. The first kappa shape index (κ1) is 15.5. The zero-order valence-electron chi connectivity index (χ0n) is 11.4. The lowest BCUT2D eigenvalue weighted by Gasteiger charge is -2.07. The van der Waals surface area contributed by atoms with Crippen molar-refractivity contribution >= 4 is 33.2 Å².